The Kier molecular flexibility index (Phi) is 10.1. The van der Waals surface area contributed by atoms with E-state index >= 15 is 0 Å². The lowest BCUT2D eigenvalue weighted by molar-refractivity contribution is -0.385. The number of H-pyrrole nitrogens is 1. The van der Waals surface area contributed by atoms with E-state index in [1.54, 1.807) is 29.2 Å². The SMILES string of the molecule is C.CC(C)(C)C1CCC(N(Cc2ccc(C(=O)Nc3nn[nH]n3)cc2)C(=O)Nc2cc([N+](=O)[O-])cc(C(F)(F)F)c2)CC1. The number of aromatic nitrogens is 4. The first-order valence-corrected chi connectivity index (χ1v) is 13.3. The van der Waals surface area contributed by atoms with E-state index in [9.17, 15) is 32.9 Å². The number of non-ortho nitro benzene ring substituents is 1. The van der Waals surface area contributed by atoms with Gasteiger partial charge in [0.25, 0.3) is 17.5 Å². The molecule has 2 aromatic carbocycles. The Morgan fingerprint density at radius 2 is 1.70 bits per heavy atom. The predicted octanol–water partition coefficient (Wildman–Crippen LogP) is 6.65. The first kappa shape index (κ1) is 32.9. The monoisotopic (exact) mass is 604 g/mol. The average Bonchev–Trinajstić information content (AvgIpc) is 3.44. The molecule has 0 radical (unpaired) electrons. The number of aromatic amines is 1. The molecule has 0 bridgehead atoms. The number of nitro benzene ring substituents is 1. The minimum Gasteiger partial charge on any atom is -0.317 e. The maximum absolute atomic E-state index is 13.6. The van der Waals surface area contributed by atoms with Gasteiger partial charge in [-0.2, -0.15) is 18.4 Å². The van der Waals surface area contributed by atoms with Crippen molar-refractivity contribution in [1.29, 1.82) is 0 Å². The standard InChI is InChI=1S/C27H31F3N8O4.CH4/c1-26(2,3)18-8-10-21(11-9-18)37(15-16-4-6-17(7-5-16)23(39)32-24-33-35-36-34-24)25(40)31-20-12-19(27(28,29)30)13-22(14-20)38(41)42;/h4-7,12-14,18,21H,8-11,15H2,1-3H3,(H,31,40)(H2,32,33,34,35,36,39);1H4. The number of tetrazole rings is 1. The number of hydrogen-bond donors (Lipinski definition) is 3. The first-order chi connectivity index (χ1) is 19.7. The molecule has 43 heavy (non-hydrogen) atoms. The van der Waals surface area contributed by atoms with Gasteiger partial charge in [-0.25, -0.2) is 4.79 Å². The minimum atomic E-state index is -4.84. The van der Waals surface area contributed by atoms with Crippen molar-refractivity contribution in [3.8, 4) is 0 Å². The molecule has 1 aliphatic carbocycles. The number of nitrogens with zero attached hydrogens (tertiary/aromatic N) is 5. The lowest BCUT2D eigenvalue weighted by Gasteiger charge is -2.41. The molecule has 3 aromatic rings. The van der Waals surface area contributed by atoms with Crippen LogP contribution in [0, 0.1) is 21.4 Å². The molecule has 0 atom stereocenters. The summed E-state index contributed by atoms with van der Waals surface area (Å²) in [7, 11) is 0. The Balaban J connectivity index is 0.00000506. The van der Waals surface area contributed by atoms with Gasteiger partial charge in [0, 0.05) is 36.0 Å². The van der Waals surface area contributed by atoms with Gasteiger partial charge in [0.15, 0.2) is 0 Å². The quantitative estimate of drug-likeness (QED) is 0.201. The number of carbonyl (C=O) groups excluding carboxylic acids is 2. The summed E-state index contributed by atoms with van der Waals surface area (Å²) in [4.78, 5) is 37.9. The molecule has 0 saturated heterocycles. The van der Waals surface area contributed by atoms with E-state index in [-0.39, 0.29) is 37.1 Å². The number of anilines is 2. The van der Waals surface area contributed by atoms with E-state index in [1.807, 2.05) is 0 Å². The molecule has 3 N–H and O–H groups in total. The lowest BCUT2D eigenvalue weighted by Crippen LogP contribution is -2.45. The smallest absolute Gasteiger partial charge is 0.317 e. The number of nitro groups is 1. The normalized spacial score (nSPS) is 17.0. The van der Waals surface area contributed by atoms with Crippen LogP contribution in [0.4, 0.5) is 35.3 Å². The summed E-state index contributed by atoms with van der Waals surface area (Å²) in [5, 5.41) is 29.2. The van der Waals surface area contributed by atoms with Crippen molar-refractivity contribution < 1.29 is 27.7 Å². The highest BCUT2D eigenvalue weighted by Gasteiger charge is 2.35. The van der Waals surface area contributed by atoms with Crippen molar-refractivity contribution in [3.05, 3.63) is 69.3 Å². The van der Waals surface area contributed by atoms with Gasteiger partial charge in [0.2, 0.25) is 0 Å². The second kappa shape index (κ2) is 13.2. The van der Waals surface area contributed by atoms with Gasteiger partial charge in [0.1, 0.15) is 0 Å². The van der Waals surface area contributed by atoms with Gasteiger partial charge in [-0.1, -0.05) is 45.4 Å². The molecule has 1 aliphatic rings. The number of urea groups is 1. The van der Waals surface area contributed by atoms with E-state index in [1.165, 1.54) is 0 Å². The fourth-order valence-corrected chi connectivity index (χ4v) is 5.11. The summed E-state index contributed by atoms with van der Waals surface area (Å²) in [5.74, 6) is -0.0152. The Labute approximate surface area is 246 Å². The zero-order valence-electron chi connectivity index (χ0n) is 23.2. The Bertz CT molecular complexity index is 1420. The number of amides is 3. The van der Waals surface area contributed by atoms with E-state index in [0.717, 1.165) is 18.9 Å². The molecular formula is C28H35F3N8O4. The summed E-state index contributed by atoms with van der Waals surface area (Å²) < 4.78 is 40.3. The number of rotatable bonds is 7. The molecule has 4 rings (SSSR count). The van der Waals surface area contributed by atoms with E-state index in [2.05, 4.69) is 52.0 Å². The molecule has 0 unspecified atom stereocenters. The molecule has 15 heteroatoms. The molecule has 0 spiro atoms. The van der Waals surface area contributed by atoms with Crippen LogP contribution in [-0.4, -0.2) is 48.4 Å². The number of nitrogens with one attached hydrogen (secondary N) is 3. The highest BCUT2D eigenvalue weighted by Crippen LogP contribution is 2.40. The second-order valence-electron chi connectivity index (χ2n) is 11.3. The van der Waals surface area contributed by atoms with E-state index in [4.69, 9.17) is 0 Å². The number of alkyl halides is 3. The third-order valence-corrected chi connectivity index (χ3v) is 7.47. The van der Waals surface area contributed by atoms with Gasteiger partial charge >= 0.3 is 12.2 Å². The molecule has 1 aromatic heterocycles. The molecule has 0 aliphatic heterocycles. The Morgan fingerprint density at radius 1 is 1.05 bits per heavy atom. The molecular weight excluding hydrogens is 569 g/mol. The zero-order chi connectivity index (χ0) is 30.7. The van der Waals surface area contributed by atoms with Crippen molar-refractivity contribution in [3.63, 3.8) is 0 Å². The van der Waals surface area contributed by atoms with E-state index < -0.39 is 34.3 Å². The van der Waals surface area contributed by atoms with Gasteiger partial charge < -0.3 is 10.2 Å². The Morgan fingerprint density at radius 3 is 2.23 bits per heavy atom. The van der Waals surface area contributed by atoms with Crippen LogP contribution in [0.5, 0.6) is 0 Å². The van der Waals surface area contributed by atoms with Crippen molar-refractivity contribution in [2.24, 2.45) is 11.3 Å². The summed E-state index contributed by atoms with van der Waals surface area (Å²) in [5.41, 5.74) is -1.28. The van der Waals surface area contributed by atoms with E-state index in [0.29, 0.717) is 42.0 Å². The van der Waals surface area contributed by atoms with Crippen LogP contribution in [0.25, 0.3) is 0 Å². The molecule has 1 fully saturated rings. The van der Waals surface area contributed by atoms with Gasteiger partial charge in [-0.3, -0.25) is 20.2 Å². The number of hydrogen-bond acceptors (Lipinski definition) is 7. The Hall–Kier alpha value is -4.56. The van der Waals surface area contributed by atoms with Crippen molar-refractivity contribution >= 4 is 29.3 Å². The largest absolute Gasteiger partial charge is 0.416 e. The molecule has 232 valence electrons. The van der Waals surface area contributed by atoms with Crippen LogP contribution in [0.3, 0.4) is 0 Å². The van der Waals surface area contributed by atoms with Crippen LogP contribution in [0.15, 0.2) is 42.5 Å². The summed E-state index contributed by atoms with van der Waals surface area (Å²) in [6.07, 6.45) is -1.74. The van der Waals surface area contributed by atoms with Crippen molar-refractivity contribution in [2.45, 2.75) is 72.6 Å². The molecule has 3 amide bonds. The van der Waals surface area contributed by atoms with Crippen LogP contribution < -0.4 is 10.6 Å². The fraction of sp³-hybridized carbons (Fsp3) is 0.464. The van der Waals surface area contributed by atoms with Crippen molar-refractivity contribution in [1.82, 2.24) is 25.5 Å². The number of benzene rings is 2. The van der Waals surface area contributed by atoms with Crippen LogP contribution in [-0.2, 0) is 12.7 Å². The lowest BCUT2D eigenvalue weighted by atomic mass is 9.71. The highest BCUT2D eigenvalue weighted by molar-refractivity contribution is 6.03. The second-order valence-corrected chi connectivity index (χ2v) is 11.3. The molecule has 12 nitrogen and oxygen atoms in total. The highest BCUT2D eigenvalue weighted by atomic mass is 19.4. The third kappa shape index (κ3) is 8.49. The maximum atomic E-state index is 13.6. The predicted molar refractivity (Wildman–Crippen MR) is 153 cm³/mol. The summed E-state index contributed by atoms with van der Waals surface area (Å²) in [6, 6.07) is 7.57. The maximum Gasteiger partial charge on any atom is 0.416 e. The fourth-order valence-electron chi connectivity index (χ4n) is 5.11. The molecule has 1 heterocycles. The van der Waals surface area contributed by atoms with Gasteiger partial charge in [-0.05, 0) is 66.0 Å². The minimum absolute atomic E-state index is 0. The third-order valence-electron chi connectivity index (χ3n) is 7.47. The van der Waals surface area contributed by atoms with Gasteiger partial charge in [0.05, 0.1) is 10.5 Å². The van der Waals surface area contributed by atoms with Crippen LogP contribution >= 0.6 is 0 Å². The zero-order valence-corrected chi connectivity index (χ0v) is 23.2. The molecule has 1 saturated carbocycles. The van der Waals surface area contributed by atoms with Gasteiger partial charge in [-0.15, -0.1) is 5.10 Å². The van der Waals surface area contributed by atoms with Crippen LogP contribution in [0.1, 0.15) is 75.4 Å². The topological polar surface area (TPSA) is 159 Å². The number of carbonyl (C=O) groups is 2. The van der Waals surface area contributed by atoms with Crippen LogP contribution in [0.2, 0.25) is 0 Å². The first-order valence-electron chi connectivity index (χ1n) is 13.3. The number of halogens is 3. The average molecular weight is 605 g/mol. The summed E-state index contributed by atoms with van der Waals surface area (Å²) in [6.45, 7) is 6.60. The van der Waals surface area contributed by atoms with Crippen molar-refractivity contribution in [2.75, 3.05) is 10.6 Å². The summed E-state index contributed by atoms with van der Waals surface area (Å²) >= 11 is 0.